The second-order valence-corrected chi connectivity index (χ2v) is 8.77. The van der Waals surface area contributed by atoms with Gasteiger partial charge in [0.2, 0.25) is 0 Å². The standard InChI is InChI=1S/C30H35FN2O6/c1-2-37-28(29(34)35)21-23-11-15-27(16-12-23)39-20-18-33(17-6-19-38-26-7-4-3-5-8-26)30(36)32-22-24-9-13-25(31)14-10-24/h3-5,7-16,28H,2,6,17-22H2,1H3,(H,32,36)(H,34,35). The van der Waals surface area contributed by atoms with E-state index in [9.17, 15) is 19.1 Å². The minimum Gasteiger partial charge on any atom is -0.494 e. The summed E-state index contributed by atoms with van der Waals surface area (Å²) in [7, 11) is 0. The number of urea groups is 1. The second kappa shape index (κ2) is 16.0. The van der Waals surface area contributed by atoms with Crippen LogP contribution in [0.4, 0.5) is 9.18 Å². The molecule has 0 bridgehead atoms. The fourth-order valence-corrected chi connectivity index (χ4v) is 3.80. The van der Waals surface area contributed by atoms with Gasteiger partial charge in [-0.1, -0.05) is 42.5 Å². The zero-order valence-corrected chi connectivity index (χ0v) is 22.1. The van der Waals surface area contributed by atoms with Gasteiger partial charge in [-0.25, -0.2) is 14.0 Å². The molecule has 8 nitrogen and oxygen atoms in total. The molecule has 0 aliphatic rings. The Hall–Kier alpha value is -4.11. The van der Waals surface area contributed by atoms with E-state index in [0.717, 1.165) is 16.9 Å². The summed E-state index contributed by atoms with van der Waals surface area (Å²) in [5, 5.41) is 12.2. The van der Waals surface area contributed by atoms with E-state index in [1.165, 1.54) is 12.1 Å². The molecule has 9 heteroatoms. The average molecular weight is 539 g/mol. The number of carbonyl (C=O) groups excluding carboxylic acids is 1. The number of aliphatic carboxylic acids is 1. The van der Waals surface area contributed by atoms with E-state index in [0.29, 0.717) is 38.5 Å². The summed E-state index contributed by atoms with van der Waals surface area (Å²) in [6, 6.07) is 22.4. The molecule has 3 rings (SSSR count). The smallest absolute Gasteiger partial charge is 0.333 e. The molecule has 0 saturated heterocycles. The number of benzene rings is 3. The fraction of sp³-hybridized carbons (Fsp3) is 0.333. The first kappa shape index (κ1) is 29.4. The summed E-state index contributed by atoms with van der Waals surface area (Å²) in [5.74, 6) is 0.0593. The molecule has 208 valence electrons. The molecule has 0 saturated carbocycles. The third-order valence-corrected chi connectivity index (χ3v) is 5.85. The summed E-state index contributed by atoms with van der Waals surface area (Å²) in [6.45, 7) is 3.87. The lowest BCUT2D eigenvalue weighted by molar-refractivity contribution is -0.149. The van der Waals surface area contributed by atoms with E-state index < -0.39 is 12.1 Å². The van der Waals surface area contributed by atoms with Crippen LogP contribution >= 0.6 is 0 Å². The number of halogens is 1. The number of nitrogens with zero attached hydrogens (tertiary/aromatic N) is 1. The maximum Gasteiger partial charge on any atom is 0.333 e. The van der Waals surface area contributed by atoms with Crippen LogP contribution in [0, 0.1) is 5.82 Å². The lowest BCUT2D eigenvalue weighted by atomic mass is 10.1. The maximum atomic E-state index is 13.2. The summed E-state index contributed by atoms with van der Waals surface area (Å²) >= 11 is 0. The third-order valence-electron chi connectivity index (χ3n) is 5.85. The van der Waals surface area contributed by atoms with Gasteiger partial charge in [0, 0.05) is 26.1 Å². The summed E-state index contributed by atoms with van der Waals surface area (Å²) in [5.41, 5.74) is 1.62. The maximum absolute atomic E-state index is 13.2. The van der Waals surface area contributed by atoms with Crippen LogP contribution in [0.5, 0.6) is 11.5 Å². The molecule has 3 aromatic rings. The molecule has 0 fully saturated rings. The van der Waals surface area contributed by atoms with E-state index in [1.54, 1.807) is 48.2 Å². The van der Waals surface area contributed by atoms with Crippen LogP contribution in [-0.4, -0.2) is 61.0 Å². The van der Waals surface area contributed by atoms with Gasteiger partial charge in [-0.15, -0.1) is 0 Å². The van der Waals surface area contributed by atoms with E-state index >= 15 is 0 Å². The van der Waals surface area contributed by atoms with Gasteiger partial charge in [-0.3, -0.25) is 0 Å². The van der Waals surface area contributed by atoms with Crippen LogP contribution in [0.1, 0.15) is 24.5 Å². The Morgan fingerprint density at radius 1 is 0.872 bits per heavy atom. The number of nitrogens with one attached hydrogen (secondary N) is 1. The lowest BCUT2D eigenvalue weighted by Crippen LogP contribution is -2.42. The first-order valence-corrected chi connectivity index (χ1v) is 13.0. The number of carboxylic acids is 1. The molecule has 3 aromatic carbocycles. The Morgan fingerprint density at radius 2 is 1.51 bits per heavy atom. The van der Waals surface area contributed by atoms with Gasteiger partial charge >= 0.3 is 12.0 Å². The van der Waals surface area contributed by atoms with Crippen molar-refractivity contribution in [3.05, 3.63) is 95.8 Å². The molecule has 0 spiro atoms. The number of carboxylic acid groups (broad SMARTS) is 1. The minimum atomic E-state index is -0.996. The largest absolute Gasteiger partial charge is 0.494 e. The highest BCUT2D eigenvalue weighted by molar-refractivity contribution is 5.74. The first-order chi connectivity index (χ1) is 18.9. The molecule has 2 N–H and O–H groups in total. The molecule has 0 heterocycles. The van der Waals surface area contributed by atoms with Crippen LogP contribution in [0.2, 0.25) is 0 Å². The van der Waals surface area contributed by atoms with Gasteiger partial charge in [0.05, 0.1) is 13.2 Å². The molecule has 1 unspecified atom stereocenters. The van der Waals surface area contributed by atoms with Gasteiger partial charge in [-0.2, -0.15) is 0 Å². The SMILES string of the molecule is CCOC(Cc1ccc(OCCN(CCCOc2ccccc2)C(=O)NCc2ccc(F)cc2)cc1)C(=O)O. The first-order valence-electron chi connectivity index (χ1n) is 13.0. The zero-order chi connectivity index (χ0) is 27.9. The predicted octanol–water partition coefficient (Wildman–Crippen LogP) is 4.92. The molecule has 2 amide bonds. The van der Waals surface area contributed by atoms with Gasteiger partial charge in [-0.05, 0) is 60.9 Å². The van der Waals surface area contributed by atoms with E-state index in [-0.39, 0.29) is 31.4 Å². The van der Waals surface area contributed by atoms with Crippen molar-refractivity contribution in [2.75, 3.05) is 32.9 Å². The van der Waals surface area contributed by atoms with Gasteiger partial charge in [0.1, 0.15) is 23.9 Å². The van der Waals surface area contributed by atoms with E-state index in [4.69, 9.17) is 14.2 Å². The van der Waals surface area contributed by atoms with Crippen molar-refractivity contribution < 1.29 is 33.3 Å². The zero-order valence-electron chi connectivity index (χ0n) is 22.1. The van der Waals surface area contributed by atoms with Gasteiger partial charge in [0.15, 0.2) is 6.10 Å². The van der Waals surface area contributed by atoms with Crippen LogP contribution in [-0.2, 0) is 22.5 Å². The average Bonchev–Trinajstić information content (AvgIpc) is 2.95. The number of hydrogen-bond donors (Lipinski definition) is 2. The quantitative estimate of drug-likeness (QED) is 0.251. The summed E-state index contributed by atoms with van der Waals surface area (Å²) < 4.78 is 30.0. The van der Waals surface area contributed by atoms with Crippen molar-refractivity contribution in [1.29, 1.82) is 0 Å². The minimum absolute atomic E-state index is 0.256. The molecule has 0 aliphatic carbocycles. The highest BCUT2D eigenvalue weighted by Gasteiger charge is 2.18. The number of amides is 2. The number of para-hydroxylation sites is 1. The molecule has 0 aromatic heterocycles. The molecule has 0 radical (unpaired) electrons. The van der Waals surface area contributed by atoms with Crippen molar-refractivity contribution in [2.45, 2.75) is 32.4 Å². The Labute approximate surface area is 228 Å². The highest BCUT2D eigenvalue weighted by Crippen LogP contribution is 2.15. The molecular weight excluding hydrogens is 503 g/mol. The third kappa shape index (κ3) is 10.6. The topological polar surface area (TPSA) is 97.3 Å². The Bertz CT molecular complexity index is 1140. The van der Waals surface area contributed by atoms with E-state index in [1.807, 2.05) is 30.3 Å². The van der Waals surface area contributed by atoms with Gasteiger partial charge in [0.25, 0.3) is 0 Å². The molecular formula is C30H35FN2O6. The Balaban J connectivity index is 1.51. The number of hydrogen-bond acceptors (Lipinski definition) is 5. The number of carbonyl (C=O) groups is 2. The number of rotatable bonds is 16. The van der Waals surface area contributed by atoms with Crippen LogP contribution < -0.4 is 14.8 Å². The van der Waals surface area contributed by atoms with Crippen LogP contribution in [0.3, 0.4) is 0 Å². The summed E-state index contributed by atoms with van der Waals surface area (Å²) in [4.78, 5) is 25.9. The monoisotopic (exact) mass is 538 g/mol. The predicted molar refractivity (Wildman–Crippen MR) is 145 cm³/mol. The summed E-state index contributed by atoms with van der Waals surface area (Å²) in [6.07, 6.45) is -0.0103. The molecule has 39 heavy (non-hydrogen) atoms. The van der Waals surface area contributed by atoms with Crippen molar-refractivity contribution in [1.82, 2.24) is 10.2 Å². The molecule has 1 atom stereocenters. The Morgan fingerprint density at radius 3 is 2.18 bits per heavy atom. The van der Waals surface area contributed by atoms with Crippen molar-refractivity contribution in [3.8, 4) is 11.5 Å². The van der Waals surface area contributed by atoms with Gasteiger partial charge < -0.3 is 29.5 Å². The second-order valence-electron chi connectivity index (χ2n) is 8.77. The van der Waals surface area contributed by atoms with Crippen molar-refractivity contribution in [2.24, 2.45) is 0 Å². The molecule has 0 aliphatic heterocycles. The Kier molecular flexibility index (Phi) is 12.1. The van der Waals surface area contributed by atoms with E-state index in [2.05, 4.69) is 5.32 Å². The number of ether oxygens (including phenoxy) is 3. The highest BCUT2D eigenvalue weighted by atomic mass is 19.1. The lowest BCUT2D eigenvalue weighted by Gasteiger charge is -2.23. The van der Waals surface area contributed by atoms with Crippen LogP contribution in [0.25, 0.3) is 0 Å². The van der Waals surface area contributed by atoms with Crippen molar-refractivity contribution in [3.63, 3.8) is 0 Å². The normalized spacial score (nSPS) is 11.4. The van der Waals surface area contributed by atoms with Crippen LogP contribution in [0.15, 0.2) is 78.9 Å². The van der Waals surface area contributed by atoms with Crippen molar-refractivity contribution >= 4 is 12.0 Å². The fourth-order valence-electron chi connectivity index (χ4n) is 3.80.